The molecule has 86 valence electrons. The Hall–Kier alpha value is -1.56. The van der Waals surface area contributed by atoms with Crippen LogP contribution in [0.3, 0.4) is 0 Å². The highest BCUT2D eigenvalue weighted by atomic mass is 16.3. The van der Waals surface area contributed by atoms with Gasteiger partial charge in [-0.2, -0.15) is 0 Å². The summed E-state index contributed by atoms with van der Waals surface area (Å²) < 4.78 is 0. The van der Waals surface area contributed by atoms with E-state index in [4.69, 9.17) is 5.73 Å². The van der Waals surface area contributed by atoms with E-state index in [1.807, 2.05) is 0 Å². The molecule has 0 fully saturated rings. The van der Waals surface area contributed by atoms with Crippen LogP contribution in [0.2, 0.25) is 0 Å². The van der Waals surface area contributed by atoms with Crippen molar-refractivity contribution in [3.63, 3.8) is 0 Å². The lowest BCUT2D eigenvalue weighted by Gasteiger charge is -2.19. The molecule has 0 amide bonds. The first-order chi connectivity index (χ1) is 7.65. The molecule has 0 saturated carbocycles. The van der Waals surface area contributed by atoms with Gasteiger partial charge in [-0.3, -0.25) is 9.59 Å². The average Bonchev–Trinajstić information content (AvgIpc) is 2.35. The third-order valence-electron chi connectivity index (χ3n) is 2.33. The molecule has 16 heavy (non-hydrogen) atoms. The van der Waals surface area contributed by atoms with Gasteiger partial charge in [-0.15, -0.1) is 0 Å². The van der Waals surface area contributed by atoms with Crippen LogP contribution >= 0.6 is 0 Å². The van der Waals surface area contributed by atoms with Crippen LogP contribution in [0.15, 0.2) is 18.2 Å². The highest BCUT2D eigenvalue weighted by Gasteiger charge is 2.22. The summed E-state index contributed by atoms with van der Waals surface area (Å²) in [6.07, 6.45) is -1.50. The molecule has 0 spiro atoms. The molecule has 0 aromatic heterocycles. The molecule has 4 N–H and O–H groups in total. The fourth-order valence-electron chi connectivity index (χ4n) is 1.47. The second kappa shape index (κ2) is 5.50. The van der Waals surface area contributed by atoms with Crippen molar-refractivity contribution in [2.45, 2.75) is 12.2 Å². The molecule has 5 nitrogen and oxygen atoms in total. The predicted molar refractivity (Wildman–Crippen MR) is 57.2 cm³/mol. The van der Waals surface area contributed by atoms with E-state index >= 15 is 0 Å². The monoisotopic (exact) mass is 223 g/mol. The quantitative estimate of drug-likeness (QED) is 0.593. The SMILES string of the molecule is NCC(O)C(O)c1c(C=O)cccc1C=O. The fourth-order valence-corrected chi connectivity index (χ4v) is 1.47. The van der Waals surface area contributed by atoms with Gasteiger partial charge in [0.1, 0.15) is 18.7 Å². The second-order valence-corrected chi connectivity index (χ2v) is 3.33. The Kier molecular flexibility index (Phi) is 4.30. The Morgan fingerprint density at radius 2 is 1.69 bits per heavy atom. The van der Waals surface area contributed by atoms with Gasteiger partial charge in [0, 0.05) is 23.2 Å². The molecule has 0 saturated heterocycles. The molecule has 0 bridgehead atoms. The molecule has 0 aliphatic rings. The number of carbonyl (C=O) groups excluding carboxylic acids is 2. The van der Waals surface area contributed by atoms with E-state index < -0.39 is 12.2 Å². The molecule has 0 aliphatic heterocycles. The number of hydrogen-bond donors (Lipinski definition) is 3. The lowest BCUT2D eigenvalue weighted by atomic mass is 9.94. The van der Waals surface area contributed by atoms with Gasteiger partial charge in [0.2, 0.25) is 0 Å². The standard InChI is InChI=1S/C11H13NO4/c12-4-9(15)11(16)10-7(5-13)2-1-3-8(10)6-14/h1-3,5-6,9,11,15-16H,4,12H2. The minimum atomic E-state index is -1.34. The van der Waals surface area contributed by atoms with Crippen LogP contribution in [0.1, 0.15) is 32.4 Å². The number of hydrogen-bond acceptors (Lipinski definition) is 5. The first-order valence-corrected chi connectivity index (χ1v) is 4.75. The van der Waals surface area contributed by atoms with Crippen molar-refractivity contribution in [2.24, 2.45) is 5.73 Å². The van der Waals surface area contributed by atoms with Crippen molar-refractivity contribution in [1.82, 2.24) is 0 Å². The zero-order valence-electron chi connectivity index (χ0n) is 8.54. The summed E-state index contributed by atoms with van der Waals surface area (Å²) in [6, 6.07) is 4.45. The summed E-state index contributed by atoms with van der Waals surface area (Å²) in [7, 11) is 0. The Morgan fingerprint density at radius 1 is 1.19 bits per heavy atom. The van der Waals surface area contributed by atoms with Gasteiger partial charge in [0.15, 0.2) is 0 Å². The lowest BCUT2D eigenvalue weighted by molar-refractivity contribution is 0.0236. The zero-order chi connectivity index (χ0) is 12.1. The predicted octanol–water partition coefficient (Wildman–Crippen LogP) is -0.335. The molecule has 1 rings (SSSR count). The molecule has 0 heterocycles. The molecular weight excluding hydrogens is 210 g/mol. The smallest absolute Gasteiger partial charge is 0.150 e. The van der Waals surface area contributed by atoms with Gasteiger partial charge in [-0.05, 0) is 0 Å². The van der Waals surface area contributed by atoms with E-state index in [1.165, 1.54) is 18.2 Å². The lowest BCUT2D eigenvalue weighted by Crippen LogP contribution is -2.28. The van der Waals surface area contributed by atoms with Gasteiger partial charge in [0.05, 0.1) is 6.10 Å². The topological polar surface area (TPSA) is 101 Å². The van der Waals surface area contributed by atoms with Crippen LogP contribution in [0.25, 0.3) is 0 Å². The third-order valence-corrected chi connectivity index (χ3v) is 2.33. The fraction of sp³-hybridized carbons (Fsp3) is 0.273. The van der Waals surface area contributed by atoms with Crippen LogP contribution in [-0.4, -0.2) is 35.4 Å². The van der Waals surface area contributed by atoms with Crippen LogP contribution in [0.4, 0.5) is 0 Å². The van der Waals surface area contributed by atoms with Crippen molar-refractivity contribution in [3.8, 4) is 0 Å². The Morgan fingerprint density at radius 3 is 2.06 bits per heavy atom. The molecule has 5 heteroatoms. The summed E-state index contributed by atoms with van der Waals surface area (Å²) in [4.78, 5) is 21.5. The number of carbonyl (C=O) groups is 2. The maximum absolute atomic E-state index is 10.8. The molecule has 0 aliphatic carbocycles. The number of aliphatic hydroxyl groups is 2. The highest BCUT2D eigenvalue weighted by Crippen LogP contribution is 2.23. The van der Waals surface area contributed by atoms with Gasteiger partial charge in [0.25, 0.3) is 0 Å². The molecular formula is C11H13NO4. The van der Waals surface area contributed by atoms with E-state index in [-0.39, 0.29) is 23.2 Å². The minimum Gasteiger partial charge on any atom is -0.389 e. The minimum absolute atomic E-state index is 0.116. The van der Waals surface area contributed by atoms with Crippen LogP contribution in [-0.2, 0) is 0 Å². The van der Waals surface area contributed by atoms with Crippen LogP contribution in [0.5, 0.6) is 0 Å². The highest BCUT2D eigenvalue weighted by molar-refractivity contribution is 5.86. The molecule has 2 atom stereocenters. The van der Waals surface area contributed by atoms with E-state index in [2.05, 4.69) is 0 Å². The van der Waals surface area contributed by atoms with Gasteiger partial charge < -0.3 is 15.9 Å². The van der Waals surface area contributed by atoms with Crippen LogP contribution < -0.4 is 5.73 Å². The molecule has 0 radical (unpaired) electrons. The van der Waals surface area contributed by atoms with Crippen molar-refractivity contribution in [2.75, 3.05) is 6.54 Å². The van der Waals surface area contributed by atoms with E-state index in [9.17, 15) is 19.8 Å². The third kappa shape index (κ3) is 2.33. The first-order valence-electron chi connectivity index (χ1n) is 4.75. The van der Waals surface area contributed by atoms with Crippen molar-refractivity contribution in [1.29, 1.82) is 0 Å². The number of rotatable bonds is 5. The van der Waals surface area contributed by atoms with Crippen molar-refractivity contribution < 1.29 is 19.8 Å². The number of aldehydes is 2. The number of aliphatic hydroxyl groups excluding tert-OH is 2. The molecule has 2 unspecified atom stereocenters. The van der Waals surface area contributed by atoms with E-state index in [0.29, 0.717) is 12.6 Å². The number of nitrogens with two attached hydrogens (primary N) is 1. The summed E-state index contributed by atoms with van der Waals surface area (Å²) in [6.45, 7) is -0.160. The normalized spacial score (nSPS) is 14.2. The summed E-state index contributed by atoms with van der Waals surface area (Å²) in [5.74, 6) is 0. The molecule has 1 aromatic rings. The van der Waals surface area contributed by atoms with Crippen molar-refractivity contribution >= 4 is 12.6 Å². The summed E-state index contributed by atoms with van der Waals surface area (Å²) in [5, 5.41) is 19.2. The zero-order valence-corrected chi connectivity index (χ0v) is 8.54. The maximum Gasteiger partial charge on any atom is 0.150 e. The van der Waals surface area contributed by atoms with Crippen LogP contribution in [0, 0.1) is 0 Å². The maximum atomic E-state index is 10.8. The van der Waals surface area contributed by atoms with Gasteiger partial charge >= 0.3 is 0 Å². The van der Waals surface area contributed by atoms with E-state index in [0.717, 1.165) is 0 Å². The Bertz CT molecular complexity index is 365. The van der Waals surface area contributed by atoms with Gasteiger partial charge in [-0.1, -0.05) is 18.2 Å². The second-order valence-electron chi connectivity index (χ2n) is 3.33. The Labute approximate surface area is 92.5 Å². The number of benzene rings is 1. The van der Waals surface area contributed by atoms with Crippen molar-refractivity contribution in [3.05, 3.63) is 34.9 Å². The van der Waals surface area contributed by atoms with E-state index in [1.54, 1.807) is 0 Å². The first kappa shape index (κ1) is 12.5. The van der Waals surface area contributed by atoms with Gasteiger partial charge in [-0.25, -0.2) is 0 Å². The average molecular weight is 223 g/mol. The largest absolute Gasteiger partial charge is 0.389 e. The summed E-state index contributed by atoms with van der Waals surface area (Å²) >= 11 is 0. The Balaban J connectivity index is 3.27. The summed E-state index contributed by atoms with van der Waals surface area (Å²) in [5.41, 5.74) is 5.66. The molecule has 1 aromatic carbocycles.